The van der Waals surface area contributed by atoms with Gasteiger partial charge in [0, 0.05) is 6.04 Å². The topological polar surface area (TPSA) is 12.4 Å². The van der Waals surface area contributed by atoms with Gasteiger partial charge < -0.3 is 0 Å². The molecule has 1 aliphatic heterocycles. The molecule has 0 saturated heterocycles. The molecule has 1 rings (SSSR count). The molecule has 1 aliphatic rings. The fourth-order valence-corrected chi connectivity index (χ4v) is 1.31. The van der Waals surface area contributed by atoms with E-state index in [9.17, 15) is 0 Å². The fourth-order valence-electron chi connectivity index (χ4n) is 1.31. The van der Waals surface area contributed by atoms with E-state index in [1.54, 1.807) is 0 Å². The molecule has 0 aromatic rings. The maximum absolute atomic E-state index is 4.38. The van der Waals surface area contributed by atoms with Crippen molar-refractivity contribution in [2.45, 2.75) is 45.6 Å². The van der Waals surface area contributed by atoms with Gasteiger partial charge in [0.15, 0.2) is 0 Å². The van der Waals surface area contributed by atoms with Crippen molar-refractivity contribution >= 4 is 6.21 Å². The van der Waals surface area contributed by atoms with Crippen LogP contribution >= 0.6 is 0 Å². The Morgan fingerprint density at radius 2 is 2.40 bits per heavy atom. The van der Waals surface area contributed by atoms with Gasteiger partial charge in [0.25, 0.3) is 0 Å². The molecule has 1 unspecified atom stereocenters. The number of rotatable bonds is 3. The first-order valence-corrected chi connectivity index (χ1v) is 4.30. The molecule has 0 aromatic heterocycles. The molecular weight excluding hydrogens is 122 g/mol. The molecule has 0 amide bonds. The molecule has 0 spiro atoms. The van der Waals surface area contributed by atoms with Gasteiger partial charge in [-0.15, -0.1) is 0 Å². The largest absolute Gasteiger partial charge is 0.294 e. The molecule has 0 saturated carbocycles. The highest BCUT2D eigenvalue weighted by molar-refractivity contribution is 5.59. The minimum atomic E-state index is 0.669. The first kappa shape index (κ1) is 7.77. The first-order valence-electron chi connectivity index (χ1n) is 4.30. The van der Waals surface area contributed by atoms with Crippen LogP contribution in [0.1, 0.15) is 39.5 Å². The van der Waals surface area contributed by atoms with Crippen LogP contribution in [0.4, 0.5) is 0 Å². The maximum atomic E-state index is 4.38. The van der Waals surface area contributed by atoms with Crippen LogP contribution < -0.4 is 0 Å². The zero-order valence-electron chi connectivity index (χ0n) is 7.01. The van der Waals surface area contributed by atoms with Gasteiger partial charge in [-0.3, -0.25) is 4.99 Å². The van der Waals surface area contributed by atoms with Crippen molar-refractivity contribution < 1.29 is 0 Å². The number of nitrogens with zero attached hydrogens (tertiary/aromatic N) is 1. The molecule has 58 valence electrons. The quantitative estimate of drug-likeness (QED) is 0.570. The Kier molecular flexibility index (Phi) is 2.91. The van der Waals surface area contributed by atoms with Crippen molar-refractivity contribution in [3.8, 4) is 0 Å². The normalized spacial score (nSPS) is 24.5. The minimum Gasteiger partial charge on any atom is -0.294 e. The molecule has 1 nitrogen and oxygen atoms in total. The second kappa shape index (κ2) is 3.75. The van der Waals surface area contributed by atoms with Gasteiger partial charge >= 0.3 is 0 Å². The fraction of sp³-hybridized carbons (Fsp3) is 0.889. The SMILES string of the molecule is CC(C)CCC1CCC=N1. The lowest BCUT2D eigenvalue weighted by Crippen LogP contribution is -2.01. The minimum absolute atomic E-state index is 0.669. The highest BCUT2D eigenvalue weighted by atomic mass is 14.8. The standard InChI is InChI=1S/C9H17N/c1-8(2)5-6-9-4-3-7-10-9/h7-9H,3-6H2,1-2H3. The van der Waals surface area contributed by atoms with Crippen molar-refractivity contribution in [2.24, 2.45) is 10.9 Å². The summed E-state index contributed by atoms with van der Waals surface area (Å²) in [5, 5.41) is 0. The van der Waals surface area contributed by atoms with Crippen LogP contribution in [0.3, 0.4) is 0 Å². The van der Waals surface area contributed by atoms with E-state index < -0.39 is 0 Å². The molecule has 1 heteroatoms. The summed E-state index contributed by atoms with van der Waals surface area (Å²) in [7, 11) is 0. The zero-order valence-corrected chi connectivity index (χ0v) is 7.01. The summed E-state index contributed by atoms with van der Waals surface area (Å²) in [4.78, 5) is 4.38. The van der Waals surface area contributed by atoms with E-state index in [1.807, 2.05) is 0 Å². The average molecular weight is 139 g/mol. The summed E-state index contributed by atoms with van der Waals surface area (Å²) in [5.41, 5.74) is 0. The molecule has 0 aliphatic carbocycles. The van der Waals surface area contributed by atoms with Gasteiger partial charge in [0.1, 0.15) is 0 Å². The Balaban J connectivity index is 2.08. The van der Waals surface area contributed by atoms with E-state index in [0.717, 1.165) is 5.92 Å². The van der Waals surface area contributed by atoms with Gasteiger partial charge in [-0.1, -0.05) is 13.8 Å². The Morgan fingerprint density at radius 1 is 1.60 bits per heavy atom. The number of hydrogen-bond donors (Lipinski definition) is 0. The lowest BCUT2D eigenvalue weighted by molar-refractivity contribution is 0.497. The van der Waals surface area contributed by atoms with Crippen molar-refractivity contribution in [3.63, 3.8) is 0 Å². The summed E-state index contributed by atoms with van der Waals surface area (Å²) >= 11 is 0. The molecule has 1 atom stereocenters. The molecule has 0 bridgehead atoms. The number of aliphatic imine (C=N–C) groups is 1. The van der Waals surface area contributed by atoms with Crippen molar-refractivity contribution in [2.75, 3.05) is 0 Å². The van der Waals surface area contributed by atoms with Gasteiger partial charge in [0.05, 0.1) is 0 Å². The molecular formula is C9H17N. The monoisotopic (exact) mass is 139 g/mol. The maximum Gasteiger partial charge on any atom is 0.0499 e. The van der Waals surface area contributed by atoms with Crippen LogP contribution in [0.25, 0.3) is 0 Å². The van der Waals surface area contributed by atoms with Crippen LogP contribution in [-0.4, -0.2) is 12.3 Å². The molecule has 0 N–H and O–H groups in total. The van der Waals surface area contributed by atoms with E-state index in [-0.39, 0.29) is 0 Å². The van der Waals surface area contributed by atoms with E-state index in [0.29, 0.717) is 6.04 Å². The van der Waals surface area contributed by atoms with E-state index in [1.165, 1.54) is 25.7 Å². The third kappa shape index (κ3) is 2.51. The first-order chi connectivity index (χ1) is 4.79. The van der Waals surface area contributed by atoms with E-state index in [2.05, 4.69) is 25.1 Å². The van der Waals surface area contributed by atoms with Crippen molar-refractivity contribution in [3.05, 3.63) is 0 Å². The Bertz CT molecular complexity index is 116. The van der Waals surface area contributed by atoms with Crippen LogP contribution in [-0.2, 0) is 0 Å². The summed E-state index contributed by atoms with van der Waals surface area (Å²) in [5.74, 6) is 0.843. The highest BCUT2D eigenvalue weighted by Gasteiger charge is 2.09. The third-order valence-corrected chi connectivity index (χ3v) is 2.02. The molecule has 0 aromatic carbocycles. The summed E-state index contributed by atoms with van der Waals surface area (Å²) in [6.07, 6.45) is 7.22. The highest BCUT2D eigenvalue weighted by Crippen LogP contribution is 2.16. The summed E-state index contributed by atoms with van der Waals surface area (Å²) < 4.78 is 0. The lowest BCUT2D eigenvalue weighted by Gasteiger charge is -2.07. The van der Waals surface area contributed by atoms with E-state index in [4.69, 9.17) is 0 Å². The molecule has 0 radical (unpaired) electrons. The number of hydrogen-bond acceptors (Lipinski definition) is 1. The smallest absolute Gasteiger partial charge is 0.0499 e. The van der Waals surface area contributed by atoms with Crippen LogP contribution in [0, 0.1) is 5.92 Å². The second-order valence-electron chi connectivity index (χ2n) is 3.53. The predicted octanol–water partition coefficient (Wildman–Crippen LogP) is 2.66. The Hall–Kier alpha value is -0.330. The molecule has 0 fully saturated rings. The summed E-state index contributed by atoms with van der Waals surface area (Å²) in [6.45, 7) is 4.55. The average Bonchev–Trinajstić information content (AvgIpc) is 2.34. The lowest BCUT2D eigenvalue weighted by atomic mass is 10.0. The second-order valence-corrected chi connectivity index (χ2v) is 3.53. The van der Waals surface area contributed by atoms with Crippen molar-refractivity contribution in [1.82, 2.24) is 0 Å². The zero-order chi connectivity index (χ0) is 7.40. The Morgan fingerprint density at radius 3 is 2.90 bits per heavy atom. The Labute approximate surface area is 63.5 Å². The van der Waals surface area contributed by atoms with E-state index >= 15 is 0 Å². The van der Waals surface area contributed by atoms with Gasteiger partial charge in [-0.25, -0.2) is 0 Å². The molecule has 1 heterocycles. The van der Waals surface area contributed by atoms with Crippen LogP contribution in [0.5, 0.6) is 0 Å². The van der Waals surface area contributed by atoms with Crippen LogP contribution in [0.2, 0.25) is 0 Å². The molecule has 10 heavy (non-hydrogen) atoms. The third-order valence-electron chi connectivity index (χ3n) is 2.02. The summed E-state index contributed by atoms with van der Waals surface area (Å²) in [6, 6.07) is 0.669. The van der Waals surface area contributed by atoms with Crippen LogP contribution in [0.15, 0.2) is 4.99 Å². The van der Waals surface area contributed by atoms with Gasteiger partial charge in [-0.2, -0.15) is 0 Å². The van der Waals surface area contributed by atoms with Gasteiger partial charge in [-0.05, 0) is 37.8 Å². The predicted molar refractivity (Wildman–Crippen MR) is 45.6 cm³/mol. The van der Waals surface area contributed by atoms with Crippen molar-refractivity contribution in [1.29, 1.82) is 0 Å². The van der Waals surface area contributed by atoms with Gasteiger partial charge in [0.2, 0.25) is 0 Å².